The molecule has 4 heteroatoms. The van der Waals surface area contributed by atoms with Crippen molar-refractivity contribution in [2.75, 3.05) is 6.54 Å². The van der Waals surface area contributed by atoms with E-state index >= 15 is 0 Å². The van der Waals surface area contributed by atoms with E-state index in [0.717, 1.165) is 23.9 Å². The van der Waals surface area contributed by atoms with Crippen LogP contribution in [0.3, 0.4) is 0 Å². The van der Waals surface area contributed by atoms with E-state index in [2.05, 4.69) is 46.0 Å². The fourth-order valence-corrected chi connectivity index (χ4v) is 3.15. The minimum atomic E-state index is -0.738. The molecule has 0 atom stereocenters. The van der Waals surface area contributed by atoms with E-state index in [-0.39, 0.29) is 6.54 Å². The van der Waals surface area contributed by atoms with Crippen molar-refractivity contribution >= 4 is 21.9 Å². The van der Waals surface area contributed by atoms with E-state index in [9.17, 15) is 4.79 Å². The van der Waals surface area contributed by atoms with Crippen LogP contribution in [0.4, 0.5) is 0 Å². The third kappa shape index (κ3) is 4.05. The quantitative estimate of drug-likeness (QED) is 0.899. The van der Waals surface area contributed by atoms with Crippen molar-refractivity contribution in [3.63, 3.8) is 0 Å². The Morgan fingerprint density at radius 1 is 1.42 bits per heavy atom. The average molecular weight is 326 g/mol. The number of rotatable bonds is 5. The number of halogens is 1. The molecule has 104 valence electrons. The van der Waals surface area contributed by atoms with Crippen LogP contribution in [0, 0.1) is 6.92 Å². The zero-order chi connectivity index (χ0) is 13.8. The second kappa shape index (κ2) is 6.53. The Morgan fingerprint density at radius 2 is 2.11 bits per heavy atom. The van der Waals surface area contributed by atoms with Gasteiger partial charge in [0.15, 0.2) is 0 Å². The summed E-state index contributed by atoms with van der Waals surface area (Å²) >= 11 is 3.54. The van der Waals surface area contributed by atoms with Gasteiger partial charge in [0, 0.05) is 17.1 Å². The van der Waals surface area contributed by atoms with Gasteiger partial charge in [-0.3, -0.25) is 9.69 Å². The molecule has 0 aliphatic heterocycles. The summed E-state index contributed by atoms with van der Waals surface area (Å²) in [6.07, 6.45) is 4.69. The molecule has 0 radical (unpaired) electrons. The molecule has 1 aliphatic rings. The van der Waals surface area contributed by atoms with Gasteiger partial charge in [-0.15, -0.1) is 0 Å². The Bertz CT molecular complexity index is 455. The Balaban J connectivity index is 2.09. The van der Waals surface area contributed by atoms with Crippen molar-refractivity contribution in [1.29, 1.82) is 0 Å². The normalized spacial score (nSPS) is 16.2. The molecule has 3 nitrogen and oxygen atoms in total. The third-order valence-electron chi connectivity index (χ3n) is 3.80. The summed E-state index contributed by atoms with van der Waals surface area (Å²) in [6.45, 7) is 2.91. The first-order valence-electron chi connectivity index (χ1n) is 6.77. The first-order chi connectivity index (χ1) is 9.06. The number of hydrogen-bond acceptors (Lipinski definition) is 2. The van der Waals surface area contributed by atoms with Crippen molar-refractivity contribution in [1.82, 2.24) is 4.90 Å². The second-order valence-electron chi connectivity index (χ2n) is 5.32. The highest BCUT2D eigenvalue weighted by Crippen LogP contribution is 2.26. The maximum absolute atomic E-state index is 11.0. The summed E-state index contributed by atoms with van der Waals surface area (Å²) in [6, 6.07) is 6.69. The Labute approximate surface area is 122 Å². The molecule has 19 heavy (non-hydrogen) atoms. The number of aryl methyl sites for hydroxylation is 1. The summed E-state index contributed by atoms with van der Waals surface area (Å²) < 4.78 is 1.09. The number of carboxylic acids is 1. The molecule has 0 amide bonds. The van der Waals surface area contributed by atoms with Gasteiger partial charge in [-0.25, -0.2) is 0 Å². The Hall–Kier alpha value is -0.870. The van der Waals surface area contributed by atoms with Crippen LogP contribution < -0.4 is 0 Å². The zero-order valence-corrected chi connectivity index (χ0v) is 12.8. The molecule has 1 saturated carbocycles. The van der Waals surface area contributed by atoms with Gasteiger partial charge in [0.1, 0.15) is 0 Å². The summed E-state index contributed by atoms with van der Waals surface area (Å²) in [7, 11) is 0. The zero-order valence-electron chi connectivity index (χ0n) is 11.2. The van der Waals surface area contributed by atoms with Crippen LogP contribution in [0.1, 0.15) is 36.8 Å². The number of carbonyl (C=O) groups is 1. The number of aliphatic carboxylic acids is 1. The first kappa shape index (κ1) is 14.5. The summed E-state index contributed by atoms with van der Waals surface area (Å²) in [5.41, 5.74) is 2.38. The minimum absolute atomic E-state index is 0.135. The fourth-order valence-electron chi connectivity index (χ4n) is 2.73. The number of carboxylic acid groups (broad SMARTS) is 1. The molecule has 0 heterocycles. The van der Waals surface area contributed by atoms with Crippen LogP contribution in [-0.4, -0.2) is 28.6 Å². The lowest BCUT2D eigenvalue weighted by atomic mass is 10.1. The Morgan fingerprint density at radius 3 is 2.68 bits per heavy atom. The van der Waals surface area contributed by atoms with Crippen molar-refractivity contribution in [3.05, 3.63) is 33.8 Å². The fraction of sp³-hybridized carbons (Fsp3) is 0.533. The lowest BCUT2D eigenvalue weighted by molar-refractivity contribution is -0.139. The smallest absolute Gasteiger partial charge is 0.317 e. The van der Waals surface area contributed by atoms with Crippen LogP contribution in [0.15, 0.2) is 22.7 Å². The molecule has 0 aromatic heterocycles. The molecule has 0 spiro atoms. The van der Waals surface area contributed by atoms with Gasteiger partial charge in [-0.05, 0) is 37.0 Å². The topological polar surface area (TPSA) is 40.5 Å². The van der Waals surface area contributed by atoms with Gasteiger partial charge >= 0.3 is 5.97 Å². The monoisotopic (exact) mass is 325 g/mol. The molecule has 1 fully saturated rings. The lowest BCUT2D eigenvalue weighted by Gasteiger charge is -2.27. The maximum Gasteiger partial charge on any atom is 0.317 e. The highest BCUT2D eigenvalue weighted by Gasteiger charge is 2.24. The molecule has 2 rings (SSSR count). The number of benzene rings is 1. The molecule has 1 N–H and O–H groups in total. The van der Waals surface area contributed by atoms with Gasteiger partial charge in [0.2, 0.25) is 0 Å². The summed E-state index contributed by atoms with van der Waals surface area (Å²) in [5, 5.41) is 9.07. The average Bonchev–Trinajstić information content (AvgIpc) is 2.86. The van der Waals surface area contributed by atoms with Crippen molar-refractivity contribution < 1.29 is 9.90 Å². The van der Waals surface area contributed by atoms with Crippen LogP contribution in [0.2, 0.25) is 0 Å². The van der Waals surface area contributed by atoms with Gasteiger partial charge < -0.3 is 5.11 Å². The molecular weight excluding hydrogens is 306 g/mol. The van der Waals surface area contributed by atoms with E-state index in [1.54, 1.807) is 0 Å². The van der Waals surface area contributed by atoms with Crippen molar-refractivity contribution in [3.8, 4) is 0 Å². The van der Waals surface area contributed by atoms with Gasteiger partial charge in [-0.2, -0.15) is 0 Å². The Kier molecular flexibility index (Phi) is 4.99. The lowest BCUT2D eigenvalue weighted by Crippen LogP contribution is -2.37. The van der Waals surface area contributed by atoms with Gasteiger partial charge in [0.25, 0.3) is 0 Å². The second-order valence-corrected chi connectivity index (χ2v) is 6.17. The van der Waals surface area contributed by atoms with E-state index in [1.165, 1.54) is 24.0 Å². The highest BCUT2D eigenvalue weighted by atomic mass is 79.9. The molecule has 1 aliphatic carbocycles. The molecule has 0 unspecified atom stereocenters. The predicted octanol–water partition coefficient (Wildman–Crippen LogP) is 3.59. The van der Waals surface area contributed by atoms with Crippen molar-refractivity contribution in [2.45, 2.75) is 45.2 Å². The van der Waals surface area contributed by atoms with E-state index in [1.807, 2.05) is 0 Å². The van der Waals surface area contributed by atoms with Crippen LogP contribution in [-0.2, 0) is 11.3 Å². The van der Waals surface area contributed by atoms with Crippen molar-refractivity contribution in [2.24, 2.45) is 0 Å². The van der Waals surface area contributed by atoms with Crippen LogP contribution in [0.5, 0.6) is 0 Å². The molecule has 0 bridgehead atoms. The standard InChI is InChI=1S/C15H20BrNO2/c1-11-6-7-12(8-14(11)16)9-17(10-15(18)19)13-4-2-3-5-13/h6-8,13H,2-5,9-10H2,1H3,(H,18,19). The number of hydrogen-bond donors (Lipinski definition) is 1. The van der Waals surface area contributed by atoms with Crippen LogP contribution >= 0.6 is 15.9 Å². The summed E-state index contributed by atoms with van der Waals surface area (Å²) in [4.78, 5) is 13.1. The van der Waals surface area contributed by atoms with Crippen LogP contribution in [0.25, 0.3) is 0 Å². The van der Waals surface area contributed by atoms with E-state index in [0.29, 0.717) is 6.04 Å². The first-order valence-corrected chi connectivity index (χ1v) is 7.56. The largest absolute Gasteiger partial charge is 0.480 e. The van der Waals surface area contributed by atoms with Gasteiger partial charge in [-0.1, -0.05) is 40.9 Å². The maximum atomic E-state index is 11.0. The summed E-state index contributed by atoms with van der Waals surface area (Å²) in [5.74, 6) is -0.738. The van der Waals surface area contributed by atoms with E-state index in [4.69, 9.17) is 5.11 Å². The van der Waals surface area contributed by atoms with Gasteiger partial charge in [0.05, 0.1) is 6.54 Å². The van der Waals surface area contributed by atoms with E-state index < -0.39 is 5.97 Å². The highest BCUT2D eigenvalue weighted by molar-refractivity contribution is 9.10. The third-order valence-corrected chi connectivity index (χ3v) is 4.66. The molecule has 1 aromatic rings. The predicted molar refractivity (Wildman–Crippen MR) is 79.2 cm³/mol. The minimum Gasteiger partial charge on any atom is -0.480 e. The molecule has 0 saturated heterocycles. The molecule has 1 aromatic carbocycles. The number of nitrogens with zero attached hydrogens (tertiary/aromatic N) is 1. The molecular formula is C15H20BrNO2. The SMILES string of the molecule is Cc1ccc(CN(CC(=O)O)C2CCCC2)cc1Br.